The number of halogens is 1. The highest BCUT2D eigenvalue weighted by Gasteiger charge is 2.12. The largest absolute Gasteiger partial charge is 0.497 e. The molecule has 1 heterocycles. The summed E-state index contributed by atoms with van der Waals surface area (Å²) in [7, 11) is 3.72. The summed E-state index contributed by atoms with van der Waals surface area (Å²) in [6, 6.07) is 10.8. The molecule has 0 saturated carbocycles. The van der Waals surface area contributed by atoms with Crippen LogP contribution in [0.4, 0.5) is 0 Å². The minimum absolute atomic E-state index is 0.432. The zero-order valence-electron chi connectivity index (χ0n) is 11.2. The molecule has 0 aliphatic heterocycles. The zero-order valence-corrected chi connectivity index (χ0v) is 13.6. The highest BCUT2D eigenvalue weighted by molar-refractivity contribution is 9.10. The van der Waals surface area contributed by atoms with E-state index < -0.39 is 0 Å². The van der Waals surface area contributed by atoms with Gasteiger partial charge in [-0.1, -0.05) is 22.0 Å². The van der Waals surface area contributed by atoms with E-state index in [-0.39, 0.29) is 0 Å². The SMILES string of the molecule is CNC(Cc1cccs1)Cc1cc(OC)ccc1Br. The van der Waals surface area contributed by atoms with Crippen LogP contribution in [0.25, 0.3) is 0 Å². The number of methoxy groups -OCH3 is 1. The fraction of sp³-hybridized carbons (Fsp3) is 0.333. The molecular weight excluding hydrogens is 322 g/mol. The molecule has 2 aromatic rings. The quantitative estimate of drug-likeness (QED) is 0.861. The Kier molecular flexibility index (Phi) is 5.43. The number of ether oxygens (including phenoxy) is 1. The molecule has 1 atom stereocenters. The lowest BCUT2D eigenvalue weighted by molar-refractivity contribution is 0.413. The van der Waals surface area contributed by atoms with Gasteiger partial charge in [-0.05, 0) is 55.1 Å². The Bertz CT molecular complexity index is 513. The standard InChI is InChI=1S/C15H18BrNOS/c1-17-12(10-14-4-3-7-19-14)8-11-9-13(18-2)5-6-15(11)16/h3-7,9,12,17H,8,10H2,1-2H3. The van der Waals surface area contributed by atoms with Crippen molar-refractivity contribution in [1.82, 2.24) is 5.32 Å². The Morgan fingerprint density at radius 3 is 2.79 bits per heavy atom. The summed E-state index contributed by atoms with van der Waals surface area (Å²) in [6.45, 7) is 0. The van der Waals surface area contributed by atoms with E-state index in [1.54, 1.807) is 7.11 Å². The van der Waals surface area contributed by atoms with Gasteiger partial charge in [0, 0.05) is 15.4 Å². The lowest BCUT2D eigenvalue weighted by Gasteiger charge is -2.17. The van der Waals surface area contributed by atoms with Crippen molar-refractivity contribution in [2.75, 3.05) is 14.2 Å². The van der Waals surface area contributed by atoms with E-state index in [1.807, 2.05) is 30.5 Å². The number of likely N-dealkylation sites (N-methyl/N-ethyl adjacent to an activating group) is 1. The van der Waals surface area contributed by atoms with Crippen molar-refractivity contribution in [1.29, 1.82) is 0 Å². The molecule has 0 spiro atoms. The molecule has 0 radical (unpaired) electrons. The lowest BCUT2D eigenvalue weighted by atomic mass is 10.0. The summed E-state index contributed by atoms with van der Waals surface area (Å²) < 4.78 is 6.43. The normalized spacial score (nSPS) is 12.4. The maximum Gasteiger partial charge on any atom is 0.119 e. The van der Waals surface area contributed by atoms with E-state index in [9.17, 15) is 0 Å². The van der Waals surface area contributed by atoms with E-state index in [0.717, 1.165) is 23.1 Å². The summed E-state index contributed by atoms with van der Waals surface area (Å²) in [5.74, 6) is 0.907. The average molecular weight is 340 g/mol. The van der Waals surface area contributed by atoms with Crippen molar-refractivity contribution in [2.24, 2.45) is 0 Å². The van der Waals surface area contributed by atoms with Gasteiger partial charge in [0.15, 0.2) is 0 Å². The van der Waals surface area contributed by atoms with Gasteiger partial charge in [0.2, 0.25) is 0 Å². The van der Waals surface area contributed by atoms with Crippen molar-refractivity contribution >= 4 is 27.3 Å². The van der Waals surface area contributed by atoms with Crippen molar-refractivity contribution < 1.29 is 4.74 Å². The molecule has 1 aromatic heterocycles. The molecule has 2 rings (SSSR count). The van der Waals surface area contributed by atoms with Crippen molar-refractivity contribution in [3.63, 3.8) is 0 Å². The molecule has 1 unspecified atom stereocenters. The van der Waals surface area contributed by atoms with E-state index in [4.69, 9.17) is 4.74 Å². The minimum Gasteiger partial charge on any atom is -0.497 e. The molecule has 1 aromatic carbocycles. The van der Waals surface area contributed by atoms with Crippen LogP contribution in [0.1, 0.15) is 10.4 Å². The number of thiophene rings is 1. The first-order valence-corrected chi connectivity index (χ1v) is 7.92. The maximum absolute atomic E-state index is 5.29. The Labute approximate surface area is 126 Å². The Balaban J connectivity index is 2.09. The van der Waals surface area contributed by atoms with Crippen LogP contribution in [-0.4, -0.2) is 20.2 Å². The summed E-state index contributed by atoms with van der Waals surface area (Å²) >= 11 is 5.43. The van der Waals surface area contributed by atoms with Crippen LogP contribution in [0.15, 0.2) is 40.2 Å². The van der Waals surface area contributed by atoms with E-state index in [2.05, 4.69) is 44.8 Å². The van der Waals surface area contributed by atoms with Crippen LogP contribution in [0.3, 0.4) is 0 Å². The molecule has 2 nitrogen and oxygen atoms in total. The summed E-state index contributed by atoms with van der Waals surface area (Å²) in [5.41, 5.74) is 1.27. The molecule has 0 aliphatic rings. The molecular formula is C15H18BrNOS. The molecule has 4 heteroatoms. The van der Waals surface area contributed by atoms with Crippen LogP contribution in [0, 0.1) is 0 Å². The van der Waals surface area contributed by atoms with Gasteiger partial charge >= 0.3 is 0 Å². The van der Waals surface area contributed by atoms with E-state index >= 15 is 0 Å². The maximum atomic E-state index is 5.29. The number of rotatable bonds is 6. The van der Waals surface area contributed by atoms with Gasteiger partial charge in [-0.15, -0.1) is 11.3 Å². The Hall–Kier alpha value is -0.840. The van der Waals surface area contributed by atoms with Crippen molar-refractivity contribution in [3.8, 4) is 5.75 Å². The molecule has 0 fully saturated rings. The van der Waals surface area contributed by atoms with Gasteiger partial charge < -0.3 is 10.1 Å². The number of hydrogen-bond acceptors (Lipinski definition) is 3. The van der Waals surface area contributed by atoms with Gasteiger partial charge in [-0.2, -0.15) is 0 Å². The Morgan fingerprint density at radius 1 is 1.32 bits per heavy atom. The van der Waals surface area contributed by atoms with Gasteiger partial charge in [0.1, 0.15) is 5.75 Å². The number of benzene rings is 1. The Morgan fingerprint density at radius 2 is 2.16 bits per heavy atom. The van der Waals surface area contributed by atoms with Crippen molar-refractivity contribution in [2.45, 2.75) is 18.9 Å². The van der Waals surface area contributed by atoms with Crippen LogP contribution >= 0.6 is 27.3 Å². The van der Waals surface area contributed by atoms with Crippen molar-refractivity contribution in [3.05, 3.63) is 50.6 Å². The molecule has 0 saturated heterocycles. The fourth-order valence-corrected chi connectivity index (χ4v) is 3.24. The van der Waals surface area contributed by atoms with Crippen LogP contribution in [0.2, 0.25) is 0 Å². The van der Waals surface area contributed by atoms with Crippen LogP contribution in [0.5, 0.6) is 5.75 Å². The van der Waals surface area contributed by atoms with Gasteiger partial charge in [-0.25, -0.2) is 0 Å². The summed E-state index contributed by atoms with van der Waals surface area (Å²) in [4.78, 5) is 1.42. The summed E-state index contributed by atoms with van der Waals surface area (Å²) in [5, 5.41) is 5.53. The summed E-state index contributed by atoms with van der Waals surface area (Å²) in [6.07, 6.45) is 2.03. The van der Waals surface area contributed by atoms with Gasteiger partial charge in [0.05, 0.1) is 7.11 Å². The monoisotopic (exact) mass is 339 g/mol. The topological polar surface area (TPSA) is 21.3 Å². The van der Waals surface area contributed by atoms with Gasteiger partial charge in [-0.3, -0.25) is 0 Å². The average Bonchev–Trinajstić information content (AvgIpc) is 2.93. The number of hydrogen-bond donors (Lipinski definition) is 1. The van der Waals surface area contributed by atoms with E-state index in [1.165, 1.54) is 10.4 Å². The smallest absolute Gasteiger partial charge is 0.119 e. The molecule has 102 valence electrons. The minimum atomic E-state index is 0.432. The first kappa shape index (κ1) is 14.6. The second-order valence-corrected chi connectivity index (χ2v) is 6.32. The lowest BCUT2D eigenvalue weighted by Crippen LogP contribution is -2.29. The highest BCUT2D eigenvalue weighted by Crippen LogP contribution is 2.24. The predicted molar refractivity (Wildman–Crippen MR) is 85.3 cm³/mol. The third-order valence-corrected chi connectivity index (χ3v) is 4.83. The molecule has 0 amide bonds. The number of nitrogens with one attached hydrogen (secondary N) is 1. The molecule has 1 N–H and O–H groups in total. The second-order valence-electron chi connectivity index (χ2n) is 4.43. The van der Waals surface area contributed by atoms with Crippen LogP contribution in [-0.2, 0) is 12.8 Å². The van der Waals surface area contributed by atoms with Gasteiger partial charge in [0.25, 0.3) is 0 Å². The molecule has 0 bridgehead atoms. The fourth-order valence-electron chi connectivity index (χ4n) is 2.05. The second kappa shape index (κ2) is 7.08. The molecule has 0 aliphatic carbocycles. The third-order valence-electron chi connectivity index (χ3n) is 3.16. The predicted octanol–water partition coefficient (Wildman–Crippen LogP) is 3.89. The first-order valence-electron chi connectivity index (χ1n) is 6.25. The molecule has 19 heavy (non-hydrogen) atoms. The zero-order chi connectivity index (χ0) is 13.7. The highest BCUT2D eigenvalue weighted by atomic mass is 79.9. The van der Waals surface area contributed by atoms with Crippen LogP contribution < -0.4 is 10.1 Å². The third kappa shape index (κ3) is 4.06. The first-order chi connectivity index (χ1) is 9.22. The van der Waals surface area contributed by atoms with E-state index in [0.29, 0.717) is 6.04 Å².